The van der Waals surface area contributed by atoms with E-state index in [4.69, 9.17) is 18.0 Å². The second-order valence-corrected chi connectivity index (χ2v) is 6.16. The molecule has 2 aromatic rings. The Kier molecular flexibility index (Phi) is 6.82. The van der Waals surface area contributed by atoms with Gasteiger partial charge < -0.3 is 21.7 Å². The van der Waals surface area contributed by atoms with Crippen LogP contribution >= 0.6 is 12.2 Å². The third-order valence-electron chi connectivity index (χ3n) is 3.81. The van der Waals surface area contributed by atoms with Gasteiger partial charge >= 0.3 is 6.18 Å². The first-order chi connectivity index (χ1) is 12.3. The van der Waals surface area contributed by atoms with E-state index >= 15 is 0 Å². The molecular weight excluding hydrogens is 361 g/mol. The lowest BCUT2D eigenvalue weighted by Crippen LogP contribution is -2.34. The molecule has 140 valence electrons. The average Bonchev–Trinajstić information content (AvgIpc) is 2.60. The van der Waals surface area contributed by atoms with Crippen LogP contribution < -0.4 is 21.7 Å². The van der Waals surface area contributed by atoms with Crippen LogP contribution in [0.15, 0.2) is 48.5 Å². The van der Waals surface area contributed by atoms with Gasteiger partial charge in [-0.3, -0.25) is 0 Å². The first kappa shape index (κ1) is 20.0. The van der Waals surface area contributed by atoms with Crippen LogP contribution in [-0.4, -0.2) is 18.7 Å². The van der Waals surface area contributed by atoms with Gasteiger partial charge in [-0.05, 0) is 62.1 Å². The number of nitrogens with two attached hydrogens (primary N) is 1. The SMILES string of the molecule is CNCCC(NC(=S)Nc1ccccc1N)c1cccc(C(F)(F)F)c1. The fourth-order valence-electron chi connectivity index (χ4n) is 2.47. The van der Waals surface area contributed by atoms with Gasteiger partial charge in [0.25, 0.3) is 0 Å². The van der Waals surface area contributed by atoms with E-state index in [1.165, 1.54) is 6.07 Å². The summed E-state index contributed by atoms with van der Waals surface area (Å²) in [5.74, 6) is 0. The highest BCUT2D eigenvalue weighted by Crippen LogP contribution is 2.31. The third kappa shape index (κ3) is 5.60. The van der Waals surface area contributed by atoms with E-state index in [0.29, 0.717) is 35.0 Å². The van der Waals surface area contributed by atoms with E-state index in [9.17, 15) is 13.2 Å². The van der Waals surface area contributed by atoms with Crippen LogP contribution in [0.2, 0.25) is 0 Å². The van der Waals surface area contributed by atoms with E-state index in [0.717, 1.165) is 12.1 Å². The fraction of sp³-hybridized carbons (Fsp3) is 0.278. The number of para-hydroxylation sites is 2. The number of rotatable bonds is 6. The Bertz CT molecular complexity index is 749. The largest absolute Gasteiger partial charge is 0.416 e. The summed E-state index contributed by atoms with van der Waals surface area (Å²) in [6.07, 6.45) is -3.83. The summed E-state index contributed by atoms with van der Waals surface area (Å²) in [6, 6.07) is 12.0. The molecule has 8 heteroatoms. The molecule has 0 aromatic heterocycles. The molecule has 1 atom stereocenters. The second kappa shape index (κ2) is 8.86. The molecule has 0 aliphatic carbocycles. The molecule has 0 saturated heterocycles. The van der Waals surface area contributed by atoms with Crippen LogP contribution in [0.5, 0.6) is 0 Å². The lowest BCUT2D eigenvalue weighted by Gasteiger charge is -2.22. The summed E-state index contributed by atoms with van der Waals surface area (Å²) < 4.78 is 39.0. The number of hydrogen-bond acceptors (Lipinski definition) is 3. The zero-order valence-electron chi connectivity index (χ0n) is 14.2. The maximum Gasteiger partial charge on any atom is 0.416 e. The van der Waals surface area contributed by atoms with Crippen molar-refractivity contribution >= 4 is 28.7 Å². The molecule has 0 heterocycles. The van der Waals surface area contributed by atoms with Gasteiger partial charge in [0.2, 0.25) is 0 Å². The van der Waals surface area contributed by atoms with Crippen molar-refractivity contribution in [3.8, 4) is 0 Å². The Morgan fingerprint density at radius 1 is 1.15 bits per heavy atom. The molecule has 0 radical (unpaired) electrons. The van der Waals surface area contributed by atoms with Gasteiger partial charge in [-0.1, -0.05) is 24.3 Å². The molecule has 0 aliphatic heterocycles. The van der Waals surface area contributed by atoms with Crippen LogP contribution in [-0.2, 0) is 6.18 Å². The van der Waals surface area contributed by atoms with Gasteiger partial charge in [-0.2, -0.15) is 13.2 Å². The Morgan fingerprint density at radius 2 is 1.88 bits per heavy atom. The van der Waals surface area contributed by atoms with E-state index in [1.54, 1.807) is 31.3 Å². The summed E-state index contributed by atoms with van der Waals surface area (Å²) in [6.45, 7) is 0.615. The predicted molar refractivity (Wildman–Crippen MR) is 103 cm³/mol. The Hall–Kier alpha value is -2.32. The number of hydrogen-bond donors (Lipinski definition) is 4. The predicted octanol–water partition coefficient (Wildman–Crippen LogP) is 3.92. The van der Waals surface area contributed by atoms with Crippen molar-refractivity contribution in [2.75, 3.05) is 24.6 Å². The Morgan fingerprint density at radius 3 is 2.54 bits per heavy atom. The molecule has 26 heavy (non-hydrogen) atoms. The molecule has 0 amide bonds. The molecule has 0 saturated carbocycles. The highest BCUT2D eigenvalue weighted by Gasteiger charge is 2.31. The molecule has 0 bridgehead atoms. The number of thiocarbonyl (C=S) groups is 1. The first-order valence-corrected chi connectivity index (χ1v) is 8.46. The summed E-state index contributed by atoms with van der Waals surface area (Å²) in [5.41, 5.74) is 6.88. The minimum Gasteiger partial charge on any atom is -0.397 e. The molecule has 0 fully saturated rings. The topological polar surface area (TPSA) is 62.1 Å². The van der Waals surface area contributed by atoms with E-state index in [1.807, 2.05) is 6.07 Å². The minimum absolute atomic E-state index is 0.293. The van der Waals surface area contributed by atoms with Gasteiger partial charge in [-0.15, -0.1) is 0 Å². The number of alkyl halides is 3. The van der Waals surface area contributed by atoms with Crippen LogP contribution in [0.25, 0.3) is 0 Å². The molecule has 0 aliphatic rings. The van der Waals surface area contributed by atoms with Crippen molar-refractivity contribution < 1.29 is 13.2 Å². The van der Waals surface area contributed by atoms with Crippen molar-refractivity contribution in [2.24, 2.45) is 0 Å². The average molecular weight is 382 g/mol. The van der Waals surface area contributed by atoms with Crippen molar-refractivity contribution in [2.45, 2.75) is 18.6 Å². The van der Waals surface area contributed by atoms with Crippen molar-refractivity contribution in [1.82, 2.24) is 10.6 Å². The second-order valence-electron chi connectivity index (χ2n) is 5.75. The number of benzene rings is 2. The standard InChI is InChI=1S/C18H21F3N4S/c1-23-10-9-15(12-5-4-6-13(11-12)18(19,20)21)24-17(26)25-16-8-3-2-7-14(16)22/h2-8,11,15,23H,9-10,22H2,1H3,(H2,24,25,26). The molecule has 4 nitrogen and oxygen atoms in total. The lowest BCUT2D eigenvalue weighted by molar-refractivity contribution is -0.137. The number of nitrogen functional groups attached to an aromatic ring is 1. The Balaban J connectivity index is 2.17. The zero-order chi connectivity index (χ0) is 19.2. The van der Waals surface area contributed by atoms with E-state index < -0.39 is 11.7 Å². The fourth-order valence-corrected chi connectivity index (χ4v) is 2.72. The monoisotopic (exact) mass is 382 g/mol. The van der Waals surface area contributed by atoms with E-state index in [2.05, 4.69) is 16.0 Å². The molecular formula is C18H21F3N4S. The summed E-state index contributed by atoms with van der Waals surface area (Å²) in [5, 5.41) is 9.36. The van der Waals surface area contributed by atoms with Gasteiger partial charge in [0.15, 0.2) is 5.11 Å². The molecule has 1 unspecified atom stereocenters. The highest BCUT2D eigenvalue weighted by atomic mass is 32.1. The normalized spacial score (nSPS) is 12.5. The van der Waals surface area contributed by atoms with Crippen LogP contribution in [0.3, 0.4) is 0 Å². The van der Waals surface area contributed by atoms with Gasteiger partial charge in [0.05, 0.1) is 23.0 Å². The summed E-state index contributed by atoms with van der Waals surface area (Å²) >= 11 is 5.31. The van der Waals surface area contributed by atoms with Crippen LogP contribution in [0, 0.1) is 0 Å². The lowest BCUT2D eigenvalue weighted by atomic mass is 10.0. The van der Waals surface area contributed by atoms with Crippen molar-refractivity contribution in [3.63, 3.8) is 0 Å². The highest BCUT2D eigenvalue weighted by molar-refractivity contribution is 7.80. The molecule has 0 spiro atoms. The first-order valence-electron chi connectivity index (χ1n) is 8.05. The van der Waals surface area contributed by atoms with Gasteiger partial charge in [-0.25, -0.2) is 0 Å². The summed E-state index contributed by atoms with van der Waals surface area (Å²) in [7, 11) is 1.78. The number of halogens is 3. The molecule has 5 N–H and O–H groups in total. The van der Waals surface area contributed by atoms with Gasteiger partial charge in [0, 0.05) is 0 Å². The third-order valence-corrected chi connectivity index (χ3v) is 4.03. The molecule has 2 rings (SSSR count). The van der Waals surface area contributed by atoms with Crippen LogP contribution in [0.1, 0.15) is 23.6 Å². The van der Waals surface area contributed by atoms with Crippen molar-refractivity contribution in [1.29, 1.82) is 0 Å². The van der Waals surface area contributed by atoms with Crippen LogP contribution in [0.4, 0.5) is 24.5 Å². The zero-order valence-corrected chi connectivity index (χ0v) is 15.0. The number of nitrogens with one attached hydrogen (secondary N) is 3. The quantitative estimate of drug-likeness (QED) is 0.451. The van der Waals surface area contributed by atoms with E-state index in [-0.39, 0.29) is 6.04 Å². The summed E-state index contributed by atoms with van der Waals surface area (Å²) in [4.78, 5) is 0. The van der Waals surface area contributed by atoms with Gasteiger partial charge in [0.1, 0.15) is 0 Å². The minimum atomic E-state index is -4.39. The smallest absolute Gasteiger partial charge is 0.397 e. The molecule has 2 aromatic carbocycles. The van der Waals surface area contributed by atoms with Crippen molar-refractivity contribution in [3.05, 3.63) is 59.7 Å². The maximum atomic E-state index is 13.0. The maximum absolute atomic E-state index is 13.0. The number of anilines is 2. The Labute approximate surface area is 156 Å².